The number of aryl methyl sites for hydroxylation is 1. The zero-order valence-corrected chi connectivity index (χ0v) is 11.1. The Hall–Kier alpha value is -2.39. The molecular weight excluding hydrogens is 260 g/mol. The normalized spacial score (nSPS) is 9.89. The monoisotopic (exact) mass is 272 g/mol. The largest absolute Gasteiger partial charge is 0.375 e. The molecule has 2 rings (SSSR count). The van der Waals surface area contributed by atoms with Crippen molar-refractivity contribution in [3.63, 3.8) is 0 Å². The number of nitrogen functional groups attached to an aromatic ring is 1. The second-order valence-corrected chi connectivity index (χ2v) is 4.99. The van der Waals surface area contributed by atoms with Crippen molar-refractivity contribution < 1.29 is 4.79 Å². The van der Waals surface area contributed by atoms with E-state index in [1.807, 2.05) is 6.07 Å². The van der Waals surface area contributed by atoms with E-state index < -0.39 is 0 Å². The Morgan fingerprint density at radius 2 is 2.37 bits per heavy atom. The van der Waals surface area contributed by atoms with Crippen LogP contribution in [0.3, 0.4) is 0 Å². The van der Waals surface area contributed by atoms with Crippen LogP contribution in [0.25, 0.3) is 0 Å². The second-order valence-electron chi connectivity index (χ2n) is 3.96. The van der Waals surface area contributed by atoms with E-state index in [0.717, 1.165) is 5.56 Å². The van der Waals surface area contributed by atoms with Gasteiger partial charge in [0.25, 0.3) is 5.91 Å². The standard InChI is InChI=1S/C13H12N4OS/c1-8-11(19-13(15)17-8)12(18)16-7-10-4-2-3-9(5-10)6-14/h2-5H,7H2,1H3,(H2,15,17)(H,16,18). The second kappa shape index (κ2) is 5.50. The van der Waals surface area contributed by atoms with Crippen LogP contribution in [0.2, 0.25) is 0 Å². The van der Waals surface area contributed by atoms with Crippen LogP contribution < -0.4 is 11.1 Å². The third-order valence-electron chi connectivity index (χ3n) is 2.53. The molecule has 0 aliphatic rings. The molecule has 0 fully saturated rings. The summed E-state index contributed by atoms with van der Waals surface area (Å²) in [5, 5.41) is 12.0. The lowest BCUT2D eigenvalue weighted by atomic mass is 10.1. The molecular formula is C13H12N4OS. The highest BCUT2D eigenvalue weighted by molar-refractivity contribution is 7.17. The summed E-state index contributed by atoms with van der Waals surface area (Å²) in [5.41, 5.74) is 7.64. The maximum Gasteiger partial charge on any atom is 0.263 e. The van der Waals surface area contributed by atoms with Crippen LogP contribution in [0, 0.1) is 18.3 Å². The number of hydrogen-bond donors (Lipinski definition) is 2. The van der Waals surface area contributed by atoms with Crippen molar-refractivity contribution in [2.75, 3.05) is 5.73 Å². The maximum atomic E-state index is 11.9. The number of carbonyl (C=O) groups is 1. The van der Waals surface area contributed by atoms with Crippen LogP contribution in [-0.2, 0) is 6.54 Å². The molecule has 1 amide bonds. The van der Waals surface area contributed by atoms with E-state index in [4.69, 9.17) is 11.0 Å². The van der Waals surface area contributed by atoms with Crippen LogP contribution in [0.1, 0.15) is 26.5 Å². The van der Waals surface area contributed by atoms with Gasteiger partial charge in [-0.05, 0) is 24.6 Å². The van der Waals surface area contributed by atoms with Crippen LogP contribution in [0.5, 0.6) is 0 Å². The SMILES string of the molecule is Cc1nc(N)sc1C(=O)NCc1cccc(C#N)c1. The molecule has 0 bridgehead atoms. The van der Waals surface area contributed by atoms with Gasteiger partial charge in [0.1, 0.15) is 4.88 Å². The van der Waals surface area contributed by atoms with Gasteiger partial charge in [-0.2, -0.15) is 5.26 Å². The Kier molecular flexibility index (Phi) is 3.78. The quantitative estimate of drug-likeness (QED) is 0.891. The van der Waals surface area contributed by atoms with E-state index in [1.165, 1.54) is 11.3 Å². The minimum atomic E-state index is -0.200. The summed E-state index contributed by atoms with van der Waals surface area (Å²) in [6, 6.07) is 9.17. The molecule has 1 heterocycles. The zero-order valence-electron chi connectivity index (χ0n) is 10.3. The third kappa shape index (κ3) is 3.09. The number of nitrogens with one attached hydrogen (secondary N) is 1. The highest BCUT2D eigenvalue weighted by Gasteiger charge is 2.13. The lowest BCUT2D eigenvalue weighted by Crippen LogP contribution is -2.22. The van der Waals surface area contributed by atoms with E-state index >= 15 is 0 Å². The molecule has 0 unspecified atom stereocenters. The molecule has 0 aliphatic heterocycles. The van der Waals surface area contributed by atoms with Gasteiger partial charge in [-0.15, -0.1) is 0 Å². The number of carbonyl (C=O) groups excluding carboxylic acids is 1. The van der Waals surface area contributed by atoms with Crippen LogP contribution in [-0.4, -0.2) is 10.9 Å². The van der Waals surface area contributed by atoms with Crippen molar-refractivity contribution in [1.29, 1.82) is 5.26 Å². The molecule has 5 nitrogen and oxygen atoms in total. The summed E-state index contributed by atoms with van der Waals surface area (Å²) < 4.78 is 0. The van der Waals surface area contributed by atoms with Crippen LogP contribution >= 0.6 is 11.3 Å². The molecule has 2 aromatic rings. The van der Waals surface area contributed by atoms with Gasteiger partial charge < -0.3 is 11.1 Å². The highest BCUT2D eigenvalue weighted by Crippen LogP contribution is 2.19. The molecule has 96 valence electrons. The summed E-state index contributed by atoms with van der Waals surface area (Å²) >= 11 is 1.17. The minimum absolute atomic E-state index is 0.200. The van der Waals surface area contributed by atoms with Crippen molar-refractivity contribution in [1.82, 2.24) is 10.3 Å². The molecule has 6 heteroatoms. The Morgan fingerprint density at radius 1 is 1.58 bits per heavy atom. The summed E-state index contributed by atoms with van der Waals surface area (Å²) in [6.07, 6.45) is 0. The zero-order chi connectivity index (χ0) is 13.8. The van der Waals surface area contributed by atoms with Gasteiger partial charge in [-0.3, -0.25) is 4.79 Å². The number of anilines is 1. The van der Waals surface area contributed by atoms with Gasteiger partial charge in [0.05, 0.1) is 17.3 Å². The number of benzene rings is 1. The first-order chi connectivity index (χ1) is 9.10. The van der Waals surface area contributed by atoms with E-state index in [9.17, 15) is 4.79 Å². The molecule has 1 aromatic carbocycles. The topological polar surface area (TPSA) is 91.8 Å². The summed E-state index contributed by atoms with van der Waals surface area (Å²) in [4.78, 5) is 16.5. The predicted octanol–water partition coefficient (Wildman–Crippen LogP) is 1.84. The minimum Gasteiger partial charge on any atom is -0.375 e. The fraction of sp³-hybridized carbons (Fsp3) is 0.154. The van der Waals surface area contributed by atoms with Crippen molar-refractivity contribution in [2.45, 2.75) is 13.5 Å². The number of hydrogen-bond acceptors (Lipinski definition) is 5. The number of nitriles is 1. The molecule has 0 spiro atoms. The van der Waals surface area contributed by atoms with Gasteiger partial charge in [-0.25, -0.2) is 4.98 Å². The smallest absolute Gasteiger partial charge is 0.263 e. The molecule has 0 aliphatic carbocycles. The van der Waals surface area contributed by atoms with E-state index in [-0.39, 0.29) is 5.91 Å². The lowest BCUT2D eigenvalue weighted by Gasteiger charge is -2.04. The molecule has 0 saturated carbocycles. The fourth-order valence-electron chi connectivity index (χ4n) is 1.64. The van der Waals surface area contributed by atoms with Gasteiger partial charge >= 0.3 is 0 Å². The first-order valence-electron chi connectivity index (χ1n) is 5.60. The van der Waals surface area contributed by atoms with Crippen molar-refractivity contribution >= 4 is 22.4 Å². The van der Waals surface area contributed by atoms with Crippen molar-refractivity contribution in [2.24, 2.45) is 0 Å². The number of aromatic nitrogens is 1. The fourth-order valence-corrected chi connectivity index (χ4v) is 2.39. The number of thiazole rings is 1. The summed E-state index contributed by atoms with van der Waals surface area (Å²) in [6.45, 7) is 2.11. The van der Waals surface area contributed by atoms with Crippen LogP contribution in [0.4, 0.5) is 5.13 Å². The third-order valence-corrected chi connectivity index (χ3v) is 3.51. The predicted molar refractivity (Wildman–Crippen MR) is 73.6 cm³/mol. The van der Waals surface area contributed by atoms with Crippen LogP contribution in [0.15, 0.2) is 24.3 Å². The van der Waals surface area contributed by atoms with Crippen molar-refractivity contribution in [3.05, 3.63) is 46.0 Å². The lowest BCUT2D eigenvalue weighted by molar-refractivity contribution is 0.0954. The Balaban J connectivity index is 2.04. The van der Waals surface area contributed by atoms with Gasteiger partial charge in [-0.1, -0.05) is 23.5 Å². The highest BCUT2D eigenvalue weighted by atomic mass is 32.1. The molecule has 3 N–H and O–H groups in total. The number of nitrogens with zero attached hydrogens (tertiary/aromatic N) is 2. The number of amides is 1. The number of nitrogens with two attached hydrogens (primary N) is 1. The summed E-state index contributed by atoms with van der Waals surface area (Å²) in [5.74, 6) is -0.200. The molecule has 0 saturated heterocycles. The number of rotatable bonds is 3. The molecule has 0 radical (unpaired) electrons. The van der Waals surface area contributed by atoms with Gasteiger partial charge in [0.15, 0.2) is 5.13 Å². The van der Waals surface area contributed by atoms with Gasteiger partial charge in [0.2, 0.25) is 0 Å². The molecule has 1 aromatic heterocycles. The Bertz CT molecular complexity index is 657. The van der Waals surface area contributed by atoms with Crippen molar-refractivity contribution in [3.8, 4) is 6.07 Å². The van der Waals surface area contributed by atoms with E-state index in [0.29, 0.717) is 27.8 Å². The first-order valence-corrected chi connectivity index (χ1v) is 6.42. The Morgan fingerprint density at radius 3 is 3.00 bits per heavy atom. The Labute approximate surface area is 114 Å². The average Bonchev–Trinajstić information content (AvgIpc) is 2.75. The van der Waals surface area contributed by atoms with E-state index in [2.05, 4.69) is 16.4 Å². The molecule has 19 heavy (non-hydrogen) atoms. The summed E-state index contributed by atoms with van der Waals surface area (Å²) in [7, 11) is 0. The first kappa shape index (κ1) is 13.1. The molecule has 0 atom stereocenters. The van der Waals surface area contributed by atoms with E-state index in [1.54, 1.807) is 25.1 Å². The maximum absolute atomic E-state index is 11.9. The average molecular weight is 272 g/mol. The van der Waals surface area contributed by atoms with Gasteiger partial charge in [0, 0.05) is 6.54 Å².